The molecule has 3 nitrogen and oxygen atoms in total. The van der Waals surface area contributed by atoms with E-state index in [1.54, 1.807) is 0 Å². The lowest BCUT2D eigenvalue weighted by molar-refractivity contribution is -0.121. The first-order valence-corrected chi connectivity index (χ1v) is 10.9. The van der Waals surface area contributed by atoms with Crippen LogP contribution in [0.4, 0.5) is 0 Å². The quantitative estimate of drug-likeness (QED) is 0.150. The minimum absolute atomic E-state index is 0. The highest BCUT2D eigenvalue weighted by Gasteiger charge is 1.99. The second kappa shape index (κ2) is 24.5. The molecule has 0 radical (unpaired) electrons. The van der Waals surface area contributed by atoms with Gasteiger partial charge in [-0.25, -0.2) is 0 Å². The Kier molecular flexibility index (Phi) is 26.0. The highest BCUT2D eigenvalue weighted by molar-refractivity contribution is 5.85. The predicted octanol–water partition coefficient (Wildman–Crippen LogP) is 6.52. The average molecular weight is 389 g/mol. The van der Waals surface area contributed by atoms with Crippen molar-refractivity contribution in [3.63, 3.8) is 0 Å². The van der Waals surface area contributed by atoms with E-state index < -0.39 is 0 Å². The Labute approximate surface area is 169 Å². The highest BCUT2D eigenvalue weighted by Crippen LogP contribution is 2.09. The minimum atomic E-state index is 0. The van der Waals surface area contributed by atoms with Gasteiger partial charge in [0.1, 0.15) is 0 Å². The molecule has 1 amide bonds. The van der Waals surface area contributed by atoms with Crippen LogP contribution in [0.5, 0.6) is 0 Å². The van der Waals surface area contributed by atoms with Gasteiger partial charge in [-0.15, -0.1) is 12.4 Å². The van der Waals surface area contributed by atoms with Crippen LogP contribution in [0, 0.1) is 0 Å². The van der Waals surface area contributed by atoms with Crippen LogP contribution >= 0.6 is 12.4 Å². The van der Waals surface area contributed by atoms with E-state index in [4.69, 9.17) is 0 Å². The molecule has 0 heterocycles. The van der Waals surface area contributed by atoms with E-state index in [0.29, 0.717) is 13.1 Å². The van der Waals surface area contributed by atoms with Crippen LogP contribution in [0.25, 0.3) is 0 Å². The van der Waals surface area contributed by atoms with Gasteiger partial charge in [0.15, 0.2) is 0 Å². The number of unbranched alkanes of at least 4 members (excludes halogenated alkanes) is 11. The molecule has 0 bridgehead atoms. The second-order valence-corrected chi connectivity index (χ2v) is 7.11. The SMILES string of the molecule is CCCCCCCC/C=C\CCCCCCCC(=O)NCNCCC.Cl. The van der Waals surface area contributed by atoms with E-state index in [1.807, 2.05) is 0 Å². The summed E-state index contributed by atoms with van der Waals surface area (Å²) in [4.78, 5) is 11.6. The molecule has 0 aliphatic rings. The fraction of sp³-hybridized carbons (Fsp3) is 0.864. The Balaban J connectivity index is 0. The van der Waals surface area contributed by atoms with Crippen molar-refractivity contribution in [3.8, 4) is 0 Å². The Morgan fingerprint density at radius 3 is 1.85 bits per heavy atom. The largest absolute Gasteiger partial charge is 0.344 e. The van der Waals surface area contributed by atoms with E-state index in [0.717, 1.165) is 19.4 Å². The molecular weight excluding hydrogens is 344 g/mol. The molecule has 0 saturated heterocycles. The molecule has 0 aromatic rings. The third-order valence-corrected chi connectivity index (χ3v) is 4.50. The minimum Gasteiger partial charge on any atom is -0.344 e. The number of hydrogen-bond acceptors (Lipinski definition) is 2. The van der Waals surface area contributed by atoms with Crippen LogP contribution in [-0.2, 0) is 4.79 Å². The molecule has 0 spiro atoms. The standard InChI is InChI=1S/C22H44N2O.ClH/c1-3-5-6-7-8-9-10-11-12-13-14-15-16-17-18-19-22(25)24-21-23-20-4-2;/h11-12,23H,3-10,13-21H2,1-2H3,(H,24,25);1H/b12-11-;. The summed E-state index contributed by atoms with van der Waals surface area (Å²) in [7, 11) is 0. The lowest BCUT2D eigenvalue weighted by atomic mass is 10.1. The lowest BCUT2D eigenvalue weighted by Crippen LogP contribution is -2.33. The molecule has 0 aliphatic heterocycles. The number of allylic oxidation sites excluding steroid dienone is 2. The van der Waals surface area contributed by atoms with Crippen molar-refractivity contribution in [1.29, 1.82) is 0 Å². The van der Waals surface area contributed by atoms with Gasteiger partial charge < -0.3 is 10.6 Å². The number of carbonyl (C=O) groups is 1. The molecule has 0 saturated carbocycles. The Morgan fingerprint density at radius 2 is 1.27 bits per heavy atom. The second-order valence-electron chi connectivity index (χ2n) is 7.11. The highest BCUT2D eigenvalue weighted by atomic mass is 35.5. The van der Waals surface area contributed by atoms with Gasteiger partial charge in [-0.3, -0.25) is 4.79 Å². The van der Waals surface area contributed by atoms with Gasteiger partial charge in [0.2, 0.25) is 5.91 Å². The van der Waals surface area contributed by atoms with Crippen molar-refractivity contribution in [2.45, 2.75) is 110 Å². The van der Waals surface area contributed by atoms with Crippen LogP contribution < -0.4 is 10.6 Å². The summed E-state index contributed by atoms with van der Waals surface area (Å²) in [6, 6.07) is 0. The number of hydrogen-bond donors (Lipinski definition) is 2. The molecule has 0 aromatic heterocycles. The molecule has 0 aromatic carbocycles. The number of halogens is 1. The van der Waals surface area contributed by atoms with E-state index in [9.17, 15) is 4.79 Å². The molecule has 0 aliphatic carbocycles. The van der Waals surface area contributed by atoms with Crippen molar-refractivity contribution in [2.24, 2.45) is 0 Å². The molecule has 4 heteroatoms. The zero-order valence-electron chi connectivity index (χ0n) is 17.5. The van der Waals surface area contributed by atoms with E-state index in [1.165, 1.54) is 77.0 Å². The zero-order chi connectivity index (χ0) is 18.4. The molecular formula is C22H45ClN2O. The van der Waals surface area contributed by atoms with Gasteiger partial charge in [0, 0.05) is 6.42 Å². The molecule has 26 heavy (non-hydrogen) atoms. The summed E-state index contributed by atoms with van der Waals surface area (Å²) < 4.78 is 0. The van der Waals surface area contributed by atoms with Crippen molar-refractivity contribution in [2.75, 3.05) is 13.2 Å². The molecule has 156 valence electrons. The predicted molar refractivity (Wildman–Crippen MR) is 118 cm³/mol. The van der Waals surface area contributed by atoms with Crippen LogP contribution in [0.1, 0.15) is 110 Å². The van der Waals surface area contributed by atoms with Crippen LogP contribution in [0.15, 0.2) is 12.2 Å². The van der Waals surface area contributed by atoms with Crippen molar-refractivity contribution < 1.29 is 4.79 Å². The van der Waals surface area contributed by atoms with Crippen molar-refractivity contribution in [3.05, 3.63) is 12.2 Å². The number of amides is 1. The summed E-state index contributed by atoms with van der Waals surface area (Å²) in [6.07, 6.45) is 23.3. The molecule has 2 N–H and O–H groups in total. The maximum absolute atomic E-state index is 11.6. The molecule has 0 atom stereocenters. The maximum atomic E-state index is 11.6. The smallest absolute Gasteiger partial charge is 0.220 e. The van der Waals surface area contributed by atoms with Gasteiger partial charge in [0.05, 0.1) is 6.67 Å². The van der Waals surface area contributed by atoms with Crippen LogP contribution in [-0.4, -0.2) is 19.1 Å². The maximum Gasteiger partial charge on any atom is 0.220 e. The first-order chi connectivity index (χ1) is 12.3. The van der Waals surface area contributed by atoms with E-state index in [2.05, 4.69) is 36.6 Å². The molecule has 0 rings (SSSR count). The van der Waals surface area contributed by atoms with Gasteiger partial charge in [-0.05, 0) is 45.1 Å². The third-order valence-electron chi connectivity index (χ3n) is 4.50. The third kappa shape index (κ3) is 23.5. The van der Waals surface area contributed by atoms with Crippen LogP contribution in [0.3, 0.4) is 0 Å². The topological polar surface area (TPSA) is 41.1 Å². The van der Waals surface area contributed by atoms with Crippen LogP contribution in [0.2, 0.25) is 0 Å². The Bertz CT molecular complexity index is 309. The summed E-state index contributed by atoms with van der Waals surface area (Å²) in [5, 5.41) is 6.09. The summed E-state index contributed by atoms with van der Waals surface area (Å²) in [6.45, 7) is 5.97. The van der Waals surface area contributed by atoms with Gasteiger partial charge >= 0.3 is 0 Å². The van der Waals surface area contributed by atoms with Gasteiger partial charge in [0.25, 0.3) is 0 Å². The molecule has 0 fully saturated rings. The number of rotatable bonds is 19. The molecule has 0 unspecified atom stereocenters. The Hall–Kier alpha value is -0.540. The Morgan fingerprint density at radius 1 is 0.731 bits per heavy atom. The number of carbonyl (C=O) groups excluding carboxylic acids is 1. The average Bonchev–Trinajstić information content (AvgIpc) is 2.62. The van der Waals surface area contributed by atoms with E-state index in [-0.39, 0.29) is 18.3 Å². The summed E-state index contributed by atoms with van der Waals surface area (Å²) in [5.74, 6) is 0.182. The van der Waals surface area contributed by atoms with Gasteiger partial charge in [-0.2, -0.15) is 0 Å². The summed E-state index contributed by atoms with van der Waals surface area (Å²) in [5.41, 5.74) is 0. The zero-order valence-corrected chi connectivity index (χ0v) is 18.3. The first-order valence-electron chi connectivity index (χ1n) is 10.9. The first kappa shape index (κ1) is 27.7. The fourth-order valence-corrected chi connectivity index (χ4v) is 2.87. The lowest BCUT2D eigenvalue weighted by Gasteiger charge is -2.06. The van der Waals surface area contributed by atoms with Gasteiger partial charge in [-0.1, -0.05) is 77.4 Å². The number of nitrogens with one attached hydrogen (secondary N) is 2. The monoisotopic (exact) mass is 388 g/mol. The van der Waals surface area contributed by atoms with Crippen molar-refractivity contribution in [1.82, 2.24) is 10.6 Å². The van der Waals surface area contributed by atoms with E-state index >= 15 is 0 Å². The fourth-order valence-electron chi connectivity index (χ4n) is 2.87. The summed E-state index contributed by atoms with van der Waals surface area (Å²) >= 11 is 0. The van der Waals surface area contributed by atoms with Crippen molar-refractivity contribution >= 4 is 18.3 Å². The normalized spacial score (nSPS) is 10.8.